The van der Waals surface area contributed by atoms with Crippen LogP contribution in [0.3, 0.4) is 0 Å². The van der Waals surface area contributed by atoms with Crippen LogP contribution in [0.15, 0.2) is 36.5 Å². The van der Waals surface area contributed by atoms with Gasteiger partial charge in [-0.15, -0.1) is 0 Å². The van der Waals surface area contributed by atoms with Crippen LogP contribution < -0.4 is 4.74 Å². The van der Waals surface area contributed by atoms with Gasteiger partial charge in [0.1, 0.15) is 5.52 Å². The summed E-state index contributed by atoms with van der Waals surface area (Å²) < 4.78 is 4.90. The average molecular weight is 232 g/mol. The van der Waals surface area contributed by atoms with E-state index in [-0.39, 0.29) is 5.75 Å². The van der Waals surface area contributed by atoms with E-state index < -0.39 is 17.4 Å². The Morgan fingerprint density at radius 1 is 1.35 bits per heavy atom. The van der Waals surface area contributed by atoms with E-state index in [0.717, 1.165) is 5.39 Å². The minimum Gasteiger partial charge on any atom is -0.419 e. The molecule has 6 nitrogen and oxygen atoms in total. The molecule has 0 unspecified atom stereocenters. The first kappa shape index (κ1) is 11.0. The van der Waals surface area contributed by atoms with Gasteiger partial charge in [0.2, 0.25) is 0 Å². The third-order valence-corrected chi connectivity index (χ3v) is 2.08. The van der Waals surface area contributed by atoms with Crippen molar-refractivity contribution in [1.29, 1.82) is 0 Å². The molecule has 0 saturated heterocycles. The van der Waals surface area contributed by atoms with Crippen LogP contribution in [0.25, 0.3) is 10.9 Å². The van der Waals surface area contributed by atoms with Gasteiger partial charge in [-0.05, 0) is 12.1 Å². The summed E-state index contributed by atoms with van der Waals surface area (Å²) in [6, 6.07) is 8.62. The van der Waals surface area contributed by atoms with Crippen molar-refractivity contribution in [2.45, 2.75) is 0 Å². The summed E-state index contributed by atoms with van der Waals surface area (Å²) in [6.45, 7) is -0.858. The molecule has 1 heterocycles. The highest BCUT2D eigenvalue weighted by molar-refractivity contribution is 5.87. The van der Waals surface area contributed by atoms with Gasteiger partial charge < -0.3 is 4.74 Å². The Hall–Kier alpha value is -2.50. The largest absolute Gasteiger partial charge is 0.419 e. The number of nitro groups is 1. The van der Waals surface area contributed by atoms with E-state index in [1.807, 2.05) is 12.1 Å². The number of ether oxygens (including phenoxy) is 1. The highest BCUT2D eigenvalue weighted by Gasteiger charge is 2.14. The molecule has 0 bridgehead atoms. The Morgan fingerprint density at radius 3 is 2.88 bits per heavy atom. The van der Waals surface area contributed by atoms with Crippen molar-refractivity contribution < 1.29 is 14.5 Å². The van der Waals surface area contributed by atoms with E-state index in [1.54, 1.807) is 24.4 Å². The van der Waals surface area contributed by atoms with E-state index in [2.05, 4.69) is 4.98 Å². The second-order valence-corrected chi connectivity index (χ2v) is 3.30. The first-order chi connectivity index (χ1) is 8.16. The number of fused-ring (bicyclic) bond motifs is 1. The lowest BCUT2D eigenvalue weighted by atomic mass is 10.2. The molecule has 1 aromatic heterocycles. The van der Waals surface area contributed by atoms with Crippen molar-refractivity contribution in [2.24, 2.45) is 0 Å². The minimum atomic E-state index is -0.909. The number of carbonyl (C=O) groups excluding carboxylic acids is 1. The second kappa shape index (κ2) is 4.56. The van der Waals surface area contributed by atoms with Gasteiger partial charge in [0.25, 0.3) is 6.54 Å². The molecule has 86 valence electrons. The number of aromatic nitrogens is 1. The summed E-state index contributed by atoms with van der Waals surface area (Å²) in [4.78, 5) is 24.7. The van der Waals surface area contributed by atoms with Gasteiger partial charge in [0.05, 0.1) is 0 Å². The van der Waals surface area contributed by atoms with E-state index in [9.17, 15) is 14.9 Å². The number of hydrogen-bond donors (Lipinski definition) is 0. The molecule has 0 fully saturated rings. The van der Waals surface area contributed by atoms with Gasteiger partial charge in [0, 0.05) is 16.5 Å². The molecule has 2 aromatic rings. The molecule has 0 aliphatic rings. The first-order valence-corrected chi connectivity index (χ1v) is 4.83. The van der Waals surface area contributed by atoms with Crippen molar-refractivity contribution >= 4 is 16.9 Å². The molecular formula is C11H8N2O4. The average Bonchev–Trinajstić information content (AvgIpc) is 2.28. The third-order valence-electron chi connectivity index (χ3n) is 2.08. The SMILES string of the molecule is O=C(C[N+](=O)[O-])Oc1cccc2cccnc12. The lowest BCUT2D eigenvalue weighted by molar-refractivity contribution is -0.469. The zero-order chi connectivity index (χ0) is 12.3. The summed E-state index contributed by atoms with van der Waals surface area (Å²) in [5.74, 6) is -0.678. The predicted molar refractivity (Wildman–Crippen MR) is 59.2 cm³/mol. The van der Waals surface area contributed by atoms with Crippen LogP contribution in [0.2, 0.25) is 0 Å². The summed E-state index contributed by atoms with van der Waals surface area (Å²) in [7, 11) is 0. The molecule has 0 aliphatic carbocycles. The highest BCUT2D eigenvalue weighted by Crippen LogP contribution is 2.22. The van der Waals surface area contributed by atoms with Crippen molar-refractivity contribution in [3.63, 3.8) is 0 Å². The van der Waals surface area contributed by atoms with Gasteiger partial charge in [-0.3, -0.25) is 15.1 Å². The lowest BCUT2D eigenvalue weighted by Crippen LogP contribution is -2.19. The topological polar surface area (TPSA) is 82.3 Å². The maximum absolute atomic E-state index is 11.2. The van der Waals surface area contributed by atoms with Gasteiger partial charge in [-0.25, -0.2) is 4.79 Å². The van der Waals surface area contributed by atoms with Crippen LogP contribution >= 0.6 is 0 Å². The van der Waals surface area contributed by atoms with Gasteiger partial charge >= 0.3 is 5.97 Å². The summed E-state index contributed by atoms with van der Waals surface area (Å²) >= 11 is 0. The number of rotatable bonds is 3. The van der Waals surface area contributed by atoms with Crippen LogP contribution in [0.4, 0.5) is 0 Å². The molecule has 2 rings (SSSR count). The number of benzene rings is 1. The zero-order valence-electron chi connectivity index (χ0n) is 8.70. The highest BCUT2D eigenvalue weighted by atomic mass is 16.6. The molecule has 0 aliphatic heterocycles. The molecule has 6 heteroatoms. The molecule has 0 amide bonds. The molecular weight excluding hydrogens is 224 g/mol. The Bertz CT molecular complexity index is 577. The number of carbonyl (C=O) groups is 1. The third kappa shape index (κ3) is 2.54. The van der Waals surface area contributed by atoms with Crippen LogP contribution in [-0.4, -0.2) is 22.4 Å². The monoisotopic (exact) mass is 232 g/mol. The molecule has 0 N–H and O–H groups in total. The van der Waals surface area contributed by atoms with Gasteiger partial charge in [-0.2, -0.15) is 0 Å². The molecule has 0 atom stereocenters. The Morgan fingerprint density at radius 2 is 2.12 bits per heavy atom. The quantitative estimate of drug-likeness (QED) is 0.346. The lowest BCUT2D eigenvalue weighted by Gasteiger charge is -2.04. The predicted octanol–water partition coefficient (Wildman–Crippen LogP) is 1.42. The fraction of sp³-hybridized carbons (Fsp3) is 0.0909. The Balaban J connectivity index is 2.30. The Kier molecular flexibility index (Phi) is 2.95. The normalized spacial score (nSPS) is 10.1. The number of hydrogen-bond acceptors (Lipinski definition) is 5. The summed E-state index contributed by atoms with van der Waals surface area (Å²) in [5.41, 5.74) is 0.506. The van der Waals surface area contributed by atoms with Gasteiger partial charge in [0.15, 0.2) is 5.75 Å². The number of esters is 1. The van der Waals surface area contributed by atoms with Crippen molar-refractivity contribution in [1.82, 2.24) is 4.98 Å². The van der Waals surface area contributed by atoms with E-state index in [4.69, 9.17) is 4.74 Å². The molecule has 0 saturated carbocycles. The standard InChI is InChI=1S/C11H8N2O4/c14-10(7-13(15)16)17-9-5-1-3-8-4-2-6-12-11(8)9/h1-6H,7H2. The smallest absolute Gasteiger partial charge is 0.383 e. The fourth-order valence-electron chi connectivity index (χ4n) is 1.42. The second-order valence-electron chi connectivity index (χ2n) is 3.30. The van der Waals surface area contributed by atoms with Crippen LogP contribution in [0.1, 0.15) is 0 Å². The maximum atomic E-state index is 11.2. The van der Waals surface area contributed by atoms with E-state index >= 15 is 0 Å². The minimum absolute atomic E-state index is 0.231. The first-order valence-electron chi connectivity index (χ1n) is 4.83. The van der Waals surface area contributed by atoms with Gasteiger partial charge in [-0.1, -0.05) is 18.2 Å². The van der Waals surface area contributed by atoms with Crippen LogP contribution in [-0.2, 0) is 4.79 Å². The zero-order valence-corrected chi connectivity index (χ0v) is 8.70. The number of nitrogens with zero attached hydrogens (tertiary/aromatic N) is 2. The number of pyridine rings is 1. The molecule has 0 radical (unpaired) electrons. The van der Waals surface area contributed by atoms with Crippen molar-refractivity contribution in [3.8, 4) is 5.75 Å². The maximum Gasteiger partial charge on any atom is 0.383 e. The van der Waals surface area contributed by atoms with Crippen LogP contribution in [0, 0.1) is 10.1 Å². The summed E-state index contributed by atoms with van der Waals surface area (Å²) in [6.07, 6.45) is 1.56. The molecule has 0 spiro atoms. The van der Waals surface area contributed by atoms with Crippen molar-refractivity contribution in [3.05, 3.63) is 46.6 Å². The van der Waals surface area contributed by atoms with E-state index in [1.165, 1.54) is 0 Å². The van der Waals surface area contributed by atoms with E-state index in [0.29, 0.717) is 5.52 Å². The molecule has 1 aromatic carbocycles. The summed E-state index contributed by atoms with van der Waals surface area (Å²) in [5, 5.41) is 11.0. The van der Waals surface area contributed by atoms with Crippen LogP contribution in [0.5, 0.6) is 5.75 Å². The Labute approximate surface area is 96.0 Å². The fourth-order valence-corrected chi connectivity index (χ4v) is 1.42. The number of para-hydroxylation sites is 1. The van der Waals surface area contributed by atoms with Crippen molar-refractivity contribution in [2.75, 3.05) is 6.54 Å². The molecule has 17 heavy (non-hydrogen) atoms.